The van der Waals surface area contributed by atoms with Crippen molar-refractivity contribution in [3.8, 4) is 0 Å². The normalized spacial score (nSPS) is 29.0. The number of carbonyl (C=O) groups is 1. The second-order valence-electron chi connectivity index (χ2n) is 7.39. The van der Waals surface area contributed by atoms with Crippen LogP contribution < -0.4 is 5.32 Å². The second kappa shape index (κ2) is 7.33. The maximum atomic E-state index is 12.7. The first-order valence-electron chi connectivity index (χ1n) is 9.61. The van der Waals surface area contributed by atoms with Crippen LogP contribution in [0.25, 0.3) is 0 Å². The summed E-state index contributed by atoms with van der Waals surface area (Å²) in [5.74, 6) is 0.492. The van der Waals surface area contributed by atoms with Crippen molar-refractivity contribution in [1.29, 1.82) is 0 Å². The number of likely N-dealkylation sites (tertiary alicyclic amines) is 1. The van der Waals surface area contributed by atoms with Gasteiger partial charge in [-0.1, -0.05) is 6.42 Å². The lowest BCUT2D eigenvalue weighted by atomic mass is 9.94. The first kappa shape index (κ1) is 16.8. The highest BCUT2D eigenvalue weighted by Gasteiger charge is 2.42. The van der Waals surface area contributed by atoms with Crippen LogP contribution in [0.2, 0.25) is 0 Å². The van der Waals surface area contributed by atoms with Gasteiger partial charge in [-0.05, 0) is 32.1 Å². The summed E-state index contributed by atoms with van der Waals surface area (Å²) in [4.78, 5) is 22.1. The van der Waals surface area contributed by atoms with E-state index < -0.39 is 0 Å². The number of hydrogen-bond acceptors (Lipinski definition) is 4. The monoisotopic (exact) mass is 348 g/mol. The summed E-state index contributed by atoms with van der Waals surface area (Å²) in [6.45, 7) is 1.84. The number of H-pyrrole nitrogens is 1. The molecular weight excluding hydrogens is 320 g/mol. The lowest BCUT2D eigenvalue weighted by Crippen LogP contribution is -2.47. The lowest BCUT2D eigenvalue weighted by molar-refractivity contribution is -0.186. The number of amides is 2. The van der Waals surface area contributed by atoms with Gasteiger partial charge in [0, 0.05) is 38.3 Å². The molecule has 1 saturated carbocycles. The fourth-order valence-electron chi connectivity index (χ4n) is 4.29. The molecule has 2 unspecified atom stereocenters. The number of imidazole rings is 1. The largest absolute Gasteiger partial charge is 0.347 e. The van der Waals surface area contributed by atoms with Crippen molar-refractivity contribution in [2.75, 3.05) is 19.7 Å². The highest BCUT2D eigenvalue weighted by Crippen LogP contribution is 2.37. The zero-order valence-corrected chi connectivity index (χ0v) is 14.7. The zero-order chi connectivity index (χ0) is 17.1. The van der Waals surface area contributed by atoms with Gasteiger partial charge in [0.2, 0.25) is 0 Å². The maximum Gasteiger partial charge on any atom is 0.318 e. The van der Waals surface area contributed by atoms with Crippen molar-refractivity contribution in [3.05, 3.63) is 18.2 Å². The Morgan fingerprint density at radius 3 is 3.00 bits per heavy atom. The molecule has 2 N–H and O–H groups in total. The van der Waals surface area contributed by atoms with E-state index in [4.69, 9.17) is 9.47 Å². The molecule has 3 heterocycles. The summed E-state index contributed by atoms with van der Waals surface area (Å²) >= 11 is 0. The average Bonchev–Trinajstić information content (AvgIpc) is 3.31. The van der Waals surface area contributed by atoms with Crippen molar-refractivity contribution >= 4 is 6.03 Å². The lowest BCUT2D eigenvalue weighted by Gasteiger charge is -2.35. The smallest absolute Gasteiger partial charge is 0.318 e. The van der Waals surface area contributed by atoms with E-state index in [0.717, 1.165) is 57.3 Å². The molecule has 4 rings (SSSR count). The average molecular weight is 348 g/mol. The minimum Gasteiger partial charge on any atom is -0.347 e. The van der Waals surface area contributed by atoms with Crippen LogP contribution in [0.5, 0.6) is 0 Å². The van der Waals surface area contributed by atoms with E-state index in [1.54, 1.807) is 6.20 Å². The Hall–Kier alpha value is -1.60. The SMILES string of the molecule is O=C(NCC1COC2(CCCCC2)O1)N1CCCCC1c1ncc[nH]1. The van der Waals surface area contributed by atoms with E-state index in [1.807, 2.05) is 11.1 Å². The van der Waals surface area contributed by atoms with Gasteiger partial charge in [0.1, 0.15) is 11.9 Å². The highest BCUT2D eigenvalue weighted by atomic mass is 16.7. The maximum absolute atomic E-state index is 12.7. The van der Waals surface area contributed by atoms with Crippen LogP contribution in [0.1, 0.15) is 63.2 Å². The number of urea groups is 1. The topological polar surface area (TPSA) is 79.5 Å². The van der Waals surface area contributed by atoms with Gasteiger partial charge in [-0.15, -0.1) is 0 Å². The van der Waals surface area contributed by atoms with Crippen LogP contribution in [-0.2, 0) is 9.47 Å². The Morgan fingerprint density at radius 1 is 1.32 bits per heavy atom. The van der Waals surface area contributed by atoms with Gasteiger partial charge < -0.3 is 24.7 Å². The molecule has 2 atom stereocenters. The van der Waals surface area contributed by atoms with Crippen LogP contribution >= 0.6 is 0 Å². The first-order valence-corrected chi connectivity index (χ1v) is 9.61. The summed E-state index contributed by atoms with van der Waals surface area (Å²) in [5, 5.41) is 3.05. The van der Waals surface area contributed by atoms with Gasteiger partial charge in [-0.2, -0.15) is 0 Å². The molecule has 0 radical (unpaired) electrons. The van der Waals surface area contributed by atoms with E-state index in [9.17, 15) is 4.79 Å². The molecule has 1 aromatic rings. The first-order chi connectivity index (χ1) is 12.3. The van der Waals surface area contributed by atoms with Crippen LogP contribution in [0, 0.1) is 0 Å². The quantitative estimate of drug-likeness (QED) is 0.880. The molecule has 138 valence electrons. The van der Waals surface area contributed by atoms with Gasteiger partial charge in [0.05, 0.1) is 12.6 Å². The molecule has 1 aromatic heterocycles. The minimum absolute atomic E-state index is 0.0331. The molecule has 1 spiro atoms. The highest BCUT2D eigenvalue weighted by molar-refractivity contribution is 5.74. The molecule has 0 aromatic carbocycles. The van der Waals surface area contributed by atoms with Gasteiger partial charge in [-0.3, -0.25) is 0 Å². The summed E-state index contributed by atoms with van der Waals surface area (Å²) in [6.07, 6.45) is 12.2. The molecule has 3 aliphatic rings. The molecule has 2 saturated heterocycles. The molecule has 2 amide bonds. The third kappa shape index (κ3) is 3.67. The molecular formula is C18H28N4O3. The Balaban J connectivity index is 1.31. The van der Waals surface area contributed by atoms with E-state index in [2.05, 4.69) is 15.3 Å². The van der Waals surface area contributed by atoms with E-state index in [1.165, 1.54) is 6.42 Å². The third-order valence-corrected chi connectivity index (χ3v) is 5.61. The second-order valence-corrected chi connectivity index (χ2v) is 7.39. The van der Waals surface area contributed by atoms with Gasteiger partial charge in [0.25, 0.3) is 0 Å². The molecule has 25 heavy (non-hydrogen) atoms. The van der Waals surface area contributed by atoms with E-state index in [0.29, 0.717) is 13.2 Å². The Labute approximate surface area is 148 Å². The number of piperidine rings is 1. The Morgan fingerprint density at radius 2 is 2.20 bits per heavy atom. The molecule has 2 aliphatic heterocycles. The molecule has 7 nitrogen and oxygen atoms in total. The standard InChI is InChI=1S/C18H28N4O3/c23-17(22-11-5-2-6-15(22)16-19-9-10-20-16)21-12-14-13-24-18(25-14)7-3-1-4-8-18/h9-10,14-15H,1-8,11-13H2,(H,19,20)(H,21,23). The number of aromatic amines is 1. The number of rotatable bonds is 3. The van der Waals surface area contributed by atoms with E-state index in [-0.39, 0.29) is 24.0 Å². The van der Waals surface area contributed by atoms with Crippen molar-refractivity contribution in [2.45, 2.75) is 69.3 Å². The number of hydrogen-bond donors (Lipinski definition) is 2. The zero-order valence-electron chi connectivity index (χ0n) is 14.7. The van der Waals surface area contributed by atoms with Gasteiger partial charge >= 0.3 is 6.03 Å². The predicted octanol–water partition coefficient (Wildman–Crippen LogP) is 2.72. The Kier molecular flexibility index (Phi) is 4.94. The fourth-order valence-corrected chi connectivity index (χ4v) is 4.29. The molecule has 7 heteroatoms. The minimum atomic E-state index is -0.379. The molecule has 1 aliphatic carbocycles. The summed E-state index contributed by atoms with van der Waals surface area (Å²) in [6, 6.07) is 0.00322. The van der Waals surface area contributed by atoms with Crippen LogP contribution in [0.3, 0.4) is 0 Å². The molecule has 0 bridgehead atoms. The fraction of sp³-hybridized carbons (Fsp3) is 0.778. The molecule has 3 fully saturated rings. The number of nitrogens with one attached hydrogen (secondary N) is 2. The number of nitrogens with zero attached hydrogens (tertiary/aromatic N) is 2. The van der Waals surface area contributed by atoms with Crippen molar-refractivity contribution in [1.82, 2.24) is 20.2 Å². The predicted molar refractivity (Wildman–Crippen MR) is 91.9 cm³/mol. The number of aromatic nitrogens is 2. The van der Waals surface area contributed by atoms with Crippen LogP contribution in [-0.4, -0.2) is 52.5 Å². The van der Waals surface area contributed by atoms with Crippen molar-refractivity contribution < 1.29 is 14.3 Å². The van der Waals surface area contributed by atoms with Crippen molar-refractivity contribution in [2.24, 2.45) is 0 Å². The summed E-state index contributed by atoms with van der Waals surface area (Å²) < 4.78 is 12.1. The Bertz CT molecular complexity index is 571. The van der Waals surface area contributed by atoms with Crippen molar-refractivity contribution in [3.63, 3.8) is 0 Å². The van der Waals surface area contributed by atoms with Crippen LogP contribution in [0.4, 0.5) is 4.79 Å². The summed E-state index contributed by atoms with van der Waals surface area (Å²) in [5.41, 5.74) is 0. The number of ether oxygens (including phenoxy) is 2. The van der Waals surface area contributed by atoms with Gasteiger partial charge in [0.15, 0.2) is 5.79 Å². The summed E-state index contributed by atoms with van der Waals surface area (Å²) in [7, 11) is 0. The van der Waals surface area contributed by atoms with Gasteiger partial charge in [-0.25, -0.2) is 9.78 Å². The number of carbonyl (C=O) groups excluding carboxylic acids is 1. The third-order valence-electron chi connectivity index (χ3n) is 5.61. The van der Waals surface area contributed by atoms with E-state index >= 15 is 0 Å². The van der Waals surface area contributed by atoms with Crippen LogP contribution in [0.15, 0.2) is 12.4 Å².